The van der Waals surface area contributed by atoms with Gasteiger partial charge in [-0.05, 0) is 65.7 Å². The second-order valence-corrected chi connectivity index (χ2v) is 10.4. The highest BCUT2D eigenvalue weighted by molar-refractivity contribution is 7.93. The van der Waals surface area contributed by atoms with Gasteiger partial charge in [0.25, 0.3) is 15.7 Å². The molecule has 40 heavy (non-hydrogen) atoms. The summed E-state index contributed by atoms with van der Waals surface area (Å²) in [5.41, 5.74) is -0.841. The topological polar surface area (TPSA) is 114 Å². The summed E-state index contributed by atoms with van der Waals surface area (Å²) in [6, 6.07) is 22.3. The quantitative estimate of drug-likeness (QED) is 0.174. The van der Waals surface area contributed by atoms with E-state index in [1.807, 2.05) is 0 Å². The molecule has 0 saturated heterocycles. The number of anilines is 2. The first kappa shape index (κ1) is 26.6. The Kier molecular flexibility index (Phi) is 6.64. The fourth-order valence-electron chi connectivity index (χ4n) is 4.28. The summed E-state index contributed by atoms with van der Waals surface area (Å²) in [5.74, 6) is 0.0684. The number of benzene rings is 4. The third kappa shape index (κ3) is 4.92. The molecule has 8 nitrogen and oxygen atoms in total. The highest BCUT2D eigenvalue weighted by Gasteiger charge is 2.40. The predicted octanol–water partition coefficient (Wildman–Crippen LogP) is 7.06. The van der Waals surface area contributed by atoms with Gasteiger partial charge in [0.05, 0.1) is 26.7 Å². The van der Waals surface area contributed by atoms with Crippen molar-refractivity contribution in [2.75, 3.05) is 4.31 Å². The molecular formula is C28H18F3N3O5S. The van der Waals surface area contributed by atoms with Crippen molar-refractivity contribution >= 4 is 38.0 Å². The first-order valence-electron chi connectivity index (χ1n) is 11.6. The monoisotopic (exact) mass is 565 g/mol. The summed E-state index contributed by atoms with van der Waals surface area (Å²) < 4.78 is 69.3. The molecule has 1 N–H and O–H groups in total. The van der Waals surface area contributed by atoms with Crippen LogP contribution in [0.5, 0.6) is 5.75 Å². The summed E-state index contributed by atoms with van der Waals surface area (Å²) in [6.45, 7) is 0. The van der Waals surface area contributed by atoms with Crippen molar-refractivity contribution in [3.8, 4) is 16.9 Å². The second-order valence-electron chi connectivity index (χ2n) is 8.65. The van der Waals surface area contributed by atoms with Crippen LogP contribution in [-0.2, 0) is 16.2 Å². The summed E-state index contributed by atoms with van der Waals surface area (Å²) in [4.78, 5) is 13.9. The van der Waals surface area contributed by atoms with Crippen molar-refractivity contribution in [2.24, 2.45) is 0 Å². The highest BCUT2D eigenvalue weighted by atomic mass is 32.2. The van der Waals surface area contributed by atoms with E-state index in [4.69, 9.17) is 0 Å². The molecule has 0 saturated carbocycles. The van der Waals surface area contributed by atoms with Gasteiger partial charge in [0.15, 0.2) is 0 Å². The van der Waals surface area contributed by atoms with Crippen LogP contribution < -0.4 is 4.31 Å². The maximum absolute atomic E-state index is 14.1. The summed E-state index contributed by atoms with van der Waals surface area (Å²) in [5, 5.41) is 21.5. The number of aromatic nitrogens is 1. The Labute approximate surface area is 225 Å². The average molecular weight is 566 g/mol. The van der Waals surface area contributed by atoms with Gasteiger partial charge in [0, 0.05) is 17.6 Å². The number of alkyl halides is 3. The largest absolute Gasteiger partial charge is 0.508 e. The maximum atomic E-state index is 14.1. The SMILES string of the molecule is O=[N+]([O-])c1cc(S(=O)(=O)N(c2ccccc2)c2ccnc3ccc(-c4ccc(O)cc4)cc23)ccc1C(F)(F)F. The molecule has 1 heterocycles. The van der Waals surface area contributed by atoms with Gasteiger partial charge in [-0.1, -0.05) is 36.4 Å². The summed E-state index contributed by atoms with van der Waals surface area (Å²) in [7, 11) is -4.70. The summed E-state index contributed by atoms with van der Waals surface area (Å²) >= 11 is 0. The number of fused-ring (bicyclic) bond motifs is 1. The third-order valence-electron chi connectivity index (χ3n) is 6.14. The van der Waals surface area contributed by atoms with Crippen LogP contribution in [-0.4, -0.2) is 23.4 Å². The highest BCUT2D eigenvalue weighted by Crippen LogP contribution is 2.41. The van der Waals surface area contributed by atoms with E-state index >= 15 is 0 Å². The zero-order valence-corrected chi connectivity index (χ0v) is 21.1. The van der Waals surface area contributed by atoms with Crippen LogP contribution in [0.15, 0.2) is 108 Å². The molecule has 0 bridgehead atoms. The first-order valence-corrected chi connectivity index (χ1v) is 13.0. The number of rotatable bonds is 6. The molecule has 0 amide bonds. The Morgan fingerprint density at radius 2 is 1.52 bits per heavy atom. The van der Waals surface area contributed by atoms with Gasteiger partial charge in [-0.25, -0.2) is 12.7 Å². The van der Waals surface area contributed by atoms with Crippen LogP contribution in [0.2, 0.25) is 0 Å². The van der Waals surface area contributed by atoms with Gasteiger partial charge < -0.3 is 5.11 Å². The molecule has 0 radical (unpaired) electrons. The molecule has 0 fully saturated rings. The fraction of sp³-hybridized carbons (Fsp3) is 0.0357. The Balaban J connectivity index is 1.75. The van der Waals surface area contributed by atoms with Gasteiger partial charge in [0.1, 0.15) is 11.3 Å². The lowest BCUT2D eigenvalue weighted by Gasteiger charge is -2.26. The van der Waals surface area contributed by atoms with Crippen molar-refractivity contribution in [3.05, 3.63) is 119 Å². The number of halogens is 3. The number of pyridine rings is 1. The fourth-order valence-corrected chi connectivity index (χ4v) is 5.81. The van der Waals surface area contributed by atoms with E-state index in [2.05, 4.69) is 4.98 Å². The van der Waals surface area contributed by atoms with Gasteiger partial charge >= 0.3 is 6.18 Å². The van der Waals surface area contributed by atoms with E-state index in [0.717, 1.165) is 9.87 Å². The number of nitrogens with zero attached hydrogens (tertiary/aromatic N) is 3. The number of aromatic hydroxyl groups is 1. The van der Waals surface area contributed by atoms with Gasteiger partial charge in [-0.15, -0.1) is 0 Å². The van der Waals surface area contributed by atoms with Crippen molar-refractivity contribution in [1.82, 2.24) is 4.98 Å². The number of nitro benzene ring substituents is 1. The van der Waals surface area contributed by atoms with Crippen LogP contribution in [0, 0.1) is 10.1 Å². The first-order chi connectivity index (χ1) is 19.0. The minimum absolute atomic E-state index is 0.0684. The van der Waals surface area contributed by atoms with Crippen LogP contribution in [0.1, 0.15) is 5.56 Å². The van der Waals surface area contributed by atoms with E-state index in [1.54, 1.807) is 48.5 Å². The van der Waals surface area contributed by atoms with Crippen molar-refractivity contribution in [2.45, 2.75) is 11.1 Å². The Morgan fingerprint density at radius 3 is 2.17 bits per heavy atom. The van der Waals surface area contributed by atoms with Crippen molar-refractivity contribution < 1.29 is 31.6 Å². The van der Waals surface area contributed by atoms with E-state index in [9.17, 15) is 36.8 Å². The molecule has 5 aromatic rings. The molecule has 0 spiro atoms. The van der Waals surface area contributed by atoms with E-state index < -0.39 is 37.3 Å². The van der Waals surface area contributed by atoms with Crippen LogP contribution in [0.25, 0.3) is 22.0 Å². The molecule has 0 unspecified atom stereocenters. The zero-order chi connectivity index (χ0) is 28.7. The molecule has 0 atom stereocenters. The number of hydrogen-bond donors (Lipinski definition) is 1. The Morgan fingerprint density at radius 1 is 0.850 bits per heavy atom. The van der Waals surface area contributed by atoms with Crippen molar-refractivity contribution in [3.63, 3.8) is 0 Å². The molecule has 4 aromatic carbocycles. The lowest BCUT2D eigenvalue weighted by molar-refractivity contribution is -0.388. The molecule has 202 valence electrons. The lowest BCUT2D eigenvalue weighted by atomic mass is 10.0. The minimum atomic E-state index is -5.06. The molecule has 12 heteroatoms. The second kappa shape index (κ2) is 9.97. The predicted molar refractivity (Wildman–Crippen MR) is 143 cm³/mol. The van der Waals surface area contributed by atoms with Crippen LogP contribution in [0.4, 0.5) is 30.2 Å². The lowest BCUT2D eigenvalue weighted by Crippen LogP contribution is -2.27. The molecule has 5 rings (SSSR count). The number of nitro groups is 1. The number of phenols is 1. The Hall–Kier alpha value is -4.97. The van der Waals surface area contributed by atoms with Gasteiger partial charge in [0.2, 0.25) is 0 Å². The van der Waals surface area contributed by atoms with Crippen molar-refractivity contribution in [1.29, 1.82) is 0 Å². The maximum Gasteiger partial charge on any atom is 0.422 e. The minimum Gasteiger partial charge on any atom is -0.508 e. The third-order valence-corrected chi connectivity index (χ3v) is 7.88. The smallest absolute Gasteiger partial charge is 0.422 e. The molecule has 0 aliphatic heterocycles. The molecule has 0 aliphatic rings. The zero-order valence-electron chi connectivity index (χ0n) is 20.3. The van der Waals surface area contributed by atoms with E-state index in [0.29, 0.717) is 34.7 Å². The van der Waals surface area contributed by atoms with Crippen LogP contribution >= 0.6 is 0 Å². The van der Waals surface area contributed by atoms with E-state index in [1.165, 1.54) is 36.5 Å². The number of hydrogen-bond acceptors (Lipinski definition) is 6. The Bertz CT molecular complexity index is 1850. The number of para-hydroxylation sites is 1. The number of sulfonamides is 1. The normalized spacial score (nSPS) is 11.9. The average Bonchev–Trinajstić information content (AvgIpc) is 2.93. The molecular weight excluding hydrogens is 547 g/mol. The molecule has 1 aromatic heterocycles. The standard InChI is InChI=1S/C28H18F3N3O5S/c29-28(30,31)24-12-11-22(17-27(24)34(36)37)40(38,39)33(20-4-2-1-3-5-20)26-14-15-32-25-13-8-19(16-23(25)26)18-6-9-21(35)10-7-18/h1-17,35H. The molecule has 0 aliphatic carbocycles. The summed E-state index contributed by atoms with van der Waals surface area (Å²) in [6.07, 6.45) is -3.67. The van der Waals surface area contributed by atoms with E-state index in [-0.39, 0.29) is 17.1 Å². The van der Waals surface area contributed by atoms with Crippen LogP contribution in [0.3, 0.4) is 0 Å². The van der Waals surface area contributed by atoms with Gasteiger partial charge in [-0.3, -0.25) is 15.1 Å². The number of phenolic OH excluding ortho intramolecular Hbond substituents is 1. The van der Waals surface area contributed by atoms with Gasteiger partial charge in [-0.2, -0.15) is 13.2 Å².